The van der Waals surface area contributed by atoms with Crippen molar-refractivity contribution in [2.45, 2.75) is 12.8 Å². The van der Waals surface area contributed by atoms with E-state index in [0.717, 1.165) is 12.8 Å². The van der Waals surface area contributed by atoms with Gasteiger partial charge in [0.1, 0.15) is 0 Å². The molecule has 4 heterocycles. The SMILES string of the molecule is c1ccc2c(c1)c1cccc3c4c(n2c31)-c1c(c2cccc3c5ccccc5n1c23)CC4. The maximum Gasteiger partial charge on any atom is 0.0745 e. The van der Waals surface area contributed by atoms with Crippen molar-refractivity contribution in [2.24, 2.45) is 0 Å². The maximum absolute atomic E-state index is 2.57. The molecule has 0 amide bonds. The van der Waals surface area contributed by atoms with Gasteiger partial charge in [-0.15, -0.1) is 0 Å². The highest BCUT2D eigenvalue weighted by atomic mass is 15.0. The Bertz CT molecular complexity index is 1880. The van der Waals surface area contributed by atoms with Gasteiger partial charge in [0.15, 0.2) is 0 Å². The van der Waals surface area contributed by atoms with Gasteiger partial charge < -0.3 is 8.80 Å². The molecule has 0 bridgehead atoms. The van der Waals surface area contributed by atoms with Gasteiger partial charge in [-0.05, 0) is 36.1 Å². The number of hydrogen-bond donors (Lipinski definition) is 0. The van der Waals surface area contributed by atoms with Gasteiger partial charge >= 0.3 is 0 Å². The van der Waals surface area contributed by atoms with E-state index < -0.39 is 0 Å². The lowest BCUT2D eigenvalue weighted by Crippen LogP contribution is -2.05. The first kappa shape index (κ1) is 15.7. The number of hydrogen-bond acceptors (Lipinski definition) is 0. The number of nitrogens with zero attached hydrogens (tertiary/aromatic N) is 2. The lowest BCUT2D eigenvalue weighted by atomic mass is 9.91. The van der Waals surface area contributed by atoms with Crippen LogP contribution in [0.1, 0.15) is 11.1 Å². The molecule has 8 aromatic rings. The van der Waals surface area contributed by atoms with Crippen LogP contribution in [0.15, 0.2) is 84.9 Å². The summed E-state index contributed by atoms with van der Waals surface area (Å²) in [6, 6.07) is 31.5. The minimum atomic E-state index is 1.10. The molecule has 0 radical (unpaired) electrons. The summed E-state index contributed by atoms with van der Waals surface area (Å²) in [5.41, 5.74) is 11.2. The predicted octanol–water partition coefficient (Wildman–Crippen LogP) is 7.45. The first-order valence-electron chi connectivity index (χ1n) is 11.4. The quantitative estimate of drug-likeness (QED) is 0.247. The van der Waals surface area contributed by atoms with Crippen LogP contribution >= 0.6 is 0 Å². The highest BCUT2D eigenvalue weighted by Gasteiger charge is 2.32. The fraction of sp³-hybridized carbons (Fsp3) is 0.0667. The monoisotopic (exact) mass is 406 g/mol. The zero-order valence-electron chi connectivity index (χ0n) is 17.4. The fourth-order valence-corrected chi connectivity index (χ4v) is 6.77. The zero-order chi connectivity index (χ0) is 20.6. The van der Waals surface area contributed by atoms with Gasteiger partial charge in [0.05, 0.1) is 33.5 Å². The standard InChI is InChI=1S/C30H18N2/c1-3-13-25-17(7-1)19-9-5-11-21-23-15-16-24-22-12-6-10-20-18-8-2-4-14-26(18)32(28(20)22)30(24)29(23)31(25)27(19)21/h1-14H,15-16H2. The van der Waals surface area contributed by atoms with E-state index in [0.29, 0.717) is 0 Å². The summed E-state index contributed by atoms with van der Waals surface area (Å²) in [5.74, 6) is 0. The molecule has 4 aromatic heterocycles. The van der Waals surface area contributed by atoms with E-state index in [4.69, 9.17) is 0 Å². The summed E-state index contributed by atoms with van der Waals surface area (Å²) in [4.78, 5) is 0. The molecule has 9 rings (SSSR count). The topological polar surface area (TPSA) is 8.82 Å². The van der Waals surface area contributed by atoms with Gasteiger partial charge in [-0.25, -0.2) is 0 Å². The molecule has 1 aliphatic rings. The average molecular weight is 406 g/mol. The van der Waals surface area contributed by atoms with E-state index >= 15 is 0 Å². The van der Waals surface area contributed by atoms with E-state index in [9.17, 15) is 0 Å². The van der Waals surface area contributed by atoms with Crippen molar-refractivity contribution in [1.29, 1.82) is 0 Å². The van der Waals surface area contributed by atoms with Crippen molar-refractivity contribution >= 4 is 54.4 Å². The number of benzene rings is 4. The molecule has 0 spiro atoms. The van der Waals surface area contributed by atoms with Gasteiger partial charge in [-0.1, -0.05) is 72.8 Å². The maximum atomic E-state index is 2.57. The van der Waals surface area contributed by atoms with Gasteiger partial charge in [0.2, 0.25) is 0 Å². The normalized spacial score (nSPS) is 14.0. The molecule has 0 saturated heterocycles. The molecule has 2 nitrogen and oxygen atoms in total. The van der Waals surface area contributed by atoms with Crippen LogP contribution in [0.3, 0.4) is 0 Å². The molecule has 0 saturated carbocycles. The van der Waals surface area contributed by atoms with Gasteiger partial charge in [0.25, 0.3) is 0 Å². The third-order valence-corrected chi connectivity index (χ3v) is 7.91. The van der Waals surface area contributed by atoms with Crippen LogP contribution in [0.25, 0.3) is 65.8 Å². The van der Waals surface area contributed by atoms with Crippen LogP contribution in [-0.4, -0.2) is 8.80 Å². The fourth-order valence-electron chi connectivity index (χ4n) is 6.77. The lowest BCUT2D eigenvalue weighted by Gasteiger charge is -2.16. The highest BCUT2D eigenvalue weighted by Crippen LogP contribution is 2.49. The van der Waals surface area contributed by atoms with Gasteiger partial charge in [-0.2, -0.15) is 0 Å². The molecular formula is C30H18N2. The van der Waals surface area contributed by atoms with Gasteiger partial charge in [-0.3, -0.25) is 0 Å². The lowest BCUT2D eigenvalue weighted by molar-refractivity contribution is 0.942. The van der Waals surface area contributed by atoms with E-state index in [-0.39, 0.29) is 0 Å². The number of fused-ring (bicyclic) bond motifs is 13. The third-order valence-electron chi connectivity index (χ3n) is 7.91. The van der Waals surface area contributed by atoms with E-state index in [1.807, 2.05) is 0 Å². The van der Waals surface area contributed by atoms with Crippen molar-refractivity contribution in [1.82, 2.24) is 8.80 Å². The average Bonchev–Trinajstić information content (AvgIpc) is 3.56. The van der Waals surface area contributed by atoms with Crippen molar-refractivity contribution in [2.75, 3.05) is 0 Å². The number of aromatic nitrogens is 2. The molecule has 0 aliphatic heterocycles. The van der Waals surface area contributed by atoms with Crippen molar-refractivity contribution in [3.8, 4) is 11.4 Å². The Balaban J connectivity index is 1.63. The van der Waals surface area contributed by atoms with Crippen LogP contribution in [0.5, 0.6) is 0 Å². The number of rotatable bonds is 0. The first-order valence-corrected chi connectivity index (χ1v) is 11.4. The minimum absolute atomic E-state index is 1.10. The Labute approximate surface area is 183 Å². The summed E-state index contributed by atoms with van der Waals surface area (Å²) in [7, 11) is 0. The molecule has 148 valence electrons. The molecule has 4 aromatic carbocycles. The van der Waals surface area contributed by atoms with E-state index in [1.54, 1.807) is 0 Å². The zero-order valence-corrected chi connectivity index (χ0v) is 17.4. The smallest absolute Gasteiger partial charge is 0.0745 e. The Morgan fingerprint density at radius 2 is 0.812 bits per heavy atom. The summed E-state index contributed by atoms with van der Waals surface area (Å²) >= 11 is 0. The second-order valence-electron chi connectivity index (χ2n) is 9.26. The van der Waals surface area contributed by atoms with Crippen LogP contribution in [0.4, 0.5) is 0 Å². The predicted molar refractivity (Wildman–Crippen MR) is 134 cm³/mol. The Kier molecular flexibility index (Phi) is 2.48. The van der Waals surface area contributed by atoms with Crippen LogP contribution in [-0.2, 0) is 12.8 Å². The highest BCUT2D eigenvalue weighted by molar-refractivity contribution is 6.20. The minimum Gasteiger partial charge on any atom is -0.306 e. The molecule has 1 aliphatic carbocycles. The largest absolute Gasteiger partial charge is 0.306 e. The molecule has 2 heteroatoms. The van der Waals surface area contributed by atoms with E-state index in [1.165, 1.54) is 76.9 Å². The Hall–Kier alpha value is -4.04. The second-order valence-corrected chi connectivity index (χ2v) is 9.26. The van der Waals surface area contributed by atoms with E-state index in [2.05, 4.69) is 93.7 Å². The van der Waals surface area contributed by atoms with Crippen molar-refractivity contribution < 1.29 is 0 Å². The summed E-state index contributed by atoms with van der Waals surface area (Å²) in [6.07, 6.45) is 2.20. The summed E-state index contributed by atoms with van der Waals surface area (Å²) in [5, 5.41) is 8.27. The molecular weight excluding hydrogens is 388 g/mol. The van der Waals surface area contributed by atoms with Crippen molar-refractivity contribution in [3.63, 3.8) is 0 Å². The first-order chi connectivity index (χ1) is 15.9. The van der Waals surface area contributed by atoms with Crippen LogP contribution in [0.2, 0.25) is 0 Å². The summed E-state index contributed by atoms with van der Waals surface area (Å²) < 4.78 is 5.13. The number of aryl methyl sites for hydroxylation is 2. The van der Waals surface area contributed by atoms with Gasteiger partial charge in [0, 0.05) is 32.3 Å². The van der Waals surface area contributed by atoms with Crippen LogP contribution in [0, 0.1) is 0 Å². The molecule has 0 fully saturated rings. The van der Waals surface area contributed by atoms with Crippen molar-refractivity contribution in [3.05, 3.63) is 96.1 Å². The second kappa shape index (κ2) is 5.05. The molecule has 0 unspecified atom stereocenters. The molecule has 0 N–H and O–H groups in total. The van der Waals surface area contributed by atoms with Crippen LogP contribution < -0.4 is 0 Å². The molecule has 0 atom stereocenters. The Morgan fingerprint density at radius 1 is 0.406 bits per heavy atom. The Morgan fingerprint density at radius 3 is 1.31 bits per heavy atom. The molecule has 32 heavy (non-hydrogen) atoms. The number of para-hydroxylation sites is 4. The third kappa shape index (κ3) is 1.53. The summed E-state index contributed by atoms with van der Waals surface area (Å²) in [6.45, 7) is 0.